The second-order valence-electron chi connectivity index (χ2n) is 20.6. The van der Waals surface area contributed by atoms with Crippen LogP contribution in [0.3, 0.4) is 0 Å². The Balaban J connectivity index is 1.24. The van der Waals surface area contributed by atoms with Crippen LogP contribution >= 0.6 is 0 Å². The molecule has 0 unspecified atom stereocenters. The highest BCUT2D eigenvalue weighted by atomic mass is 16.6. The molecule has 6 nitrogen and oxygen atoms in total. The number of hydrogen-bond donors (Lipinski definition) is 3. The van der Waals surface area contributed by atoms with E-state index < -0.39 is 17.2 Å². The van der Waals surface area contributed by atoms with Gasteiger partial charge in [-0.05, 0) is 147 Å². The van der Waals surface area contributed by atoms with Gasteiger partial charge in [0.05, 0.1) is 24.7 Å². The first kappa shape index (κ1) is 36.5. The number of aliphatic hydroxyl groups is 2. The summed E-state index contributed by atoms with van der Waals surface area (Å²) in [5.74, 6) is -0.275. The van der Waals surface area contributed by atoms with Gasteiger partial charge in [-0.3, -0.25) is 4.79 Å². The molecule has 284 valence electrons. The summed E-state index contributed by atoms with van der Waals surface area (Å²) >= 11 is 0. The van der Waals surface area contributed by atoms with Gasteiger partial charge >= 0.3 is 5.97 Å². The molecule has 0 aromatic heterocycles. The minimum atomic E-state index is -1.15. The maximum absolute atomic E-state index is 12.8. The third kappa shape index (κ3) is 4.40. The number of hydrogen-bond acceptors (Lipinski definition) is 5. The molecule has 1 aromatic carbocycles. The Morgan fingerprint density at radius 1 is 0.863 bits per heavy atom. The molecule has 1 spiro atoms. The zero-order chi connectivity index (χ0) is 36.5. The molecule has 6 heteroatoms. The minimum Gasteiger partial charge on any atom is -0.481 e. The third-order valence-corrected chi connectivity index (χ3v) is 19.3. The Morgan fingerprint density at radius 2 is 1.55 bits per heavy atom. The fourth-order valence-electron chi connectivity index (χ4n) is 16.7. The van der Waals surface area contributed by atoms with E-state index in [9.17, 15) is 20.1 Å². The first-order chi connectivity index (χ1) is 24.1. The number of ether oxygens (including phenoxy) is 2. The predicted octanol–water partition coefficient (Wildman–Crippen LogP) is 8.84. The number of methoxy groups -OCH3 is 1. The average molecular weight is 705 g/mol. The van der Waals surface area contributed by atoms with Gasteiger partial charge in [-0.2, -0.15) is 0 Å². The van der Waals surface area contributed by atoms with Gasteiger partial charge in [0.15, 0.2) is 5.79 Å². The van der Waals surface area contributed by atoms with Crippen LogP contribution in [-0.2, 0) is 27.1 Å². The maximum Gasteiger partial charge on any atom is 0.309 e. The first-order valence-corrected chi connectivity index (χ1v) is 20.9. The summed E-state index contributed by atoms with van der Waals surface area (Å²) in [6, 6.07) is 8.97. The highest BCUT2D eigenvalue weighted by Gasteiger charge is 2.85. The topological polar surface area (TPSA) is 96.2 Å². The molecule has 7 aliphatic rings. The van der Waals surface area contributed by atoms with Crippen molar-refractivity contribution < 1.29 is 29.6 Å². The van der Waals surface area contributed by atoms with Gasteiger partial charge in [0.25, 0.3) is 0 Å². The quantitative estimate of drug-likeness (QED) is 0.238. The number of rotatable bonds is 9. The number of fused-ring (bicyclic) bond motifs is 5. The van der Waals surface area contributed by atoms with E-state index in [1.54, 1.807) is 7.11 Å². The van der Waals surface area contributed by atoms with Crippen molar-refractivity contribution in [1.29, 1.82) is 0 Å². The summed E-state index contributed by atoms with van der Waals surface area (Å²) in [7, 11) is 1.75. The fraction of sp³-hybridized carbons (Fsp3) is 0.844. The molecule has 0 radical (unpaired) electrons. The van der Waals surface area contributed by atoms with Crippen LogP contribution in [0.15, 0.2) is 24.3 Å². The highest BCUT2D eigenvalue weighted by Crippen LogP contribution is 2.87. The normalized spacial score (nSPS) is 52.4. The molecule has 2 bridgehead atoms. The second kappa shape index (κ2) is 11.8. The van der Waals surface area contributed by atoms with Crippen molar-refractivity contribution in [2.75, 3.05) is 20.3 Å². The standard InChI is InChI=1S/C45H68O6/c1-8-9-34-43-18-16-33-40(4)22-21-38(2)19-20-39(3,37(47)48)27-35(38)41(40,5)25-31-14-15-32(44(43,28-46)42(31,33)6)26-45(34,49)51-36(43)24-30-12-10-29(11-13-30)17-23-50-7/h10-13,31-36,46,49H,8-9,14-28H2,1-7H3,(H,47,48)/t31-,32-,33+,34+,35-,36+,38+,39-,40+,41+,42-,43-,44+,45+/m1/s1. The summed E-state index contributed by atoms with van der Waals surface area (Å²) < 4.78 is 12.5. The lowest BCUT2D eigenvalue weighted by Gasteiger charge is -2.82. The lowest BCUT2D eigenvalue weighted by molar-refractivity contribution is -0.357. The Labute approximate surface area is 307 Å². The van der Waals surface area contributed by atoms with Crippen molar-refractivity contribution in [2.24, 2.45) is 67.5 Å². The third-order valence-electron chi connectivity index (χ3n) is 19.3. The summed E-state index contributed by atoms with van der Waals surface area (Å²) in [6.07, 6.45) is 14.3. The Bertz CT molecular complexity index is 1530. The summed E-state index contributed by atoms with van der Waals surface area (Å²) in [5, 5.41) is 35.6. The SMILES string of the molecule is CCC[C@H]1[C@]23CC[C@@H]4[C@@]5(C)[C@H](CC[C@H](C[C@]1(O)O[C@H]2Cc1ccc(CCOC)cc1)[C@@]53CO)C[C@@]1(C)[C@@H]2C[C@](C)(C(=O)O)CC[C@@]2(C)CC[C@@]41C. The molecule has 6 aliphatic carbocycles. The van der Waals surface area contributed by atoms with Crippen LogP contribution in [0.5, 0.6) is 0 Å². The predicted molar refractivity (Wildman–Crippen MR) is 199 cm³/mol. The fourth-order valence-corrected chi connectivity index (χ4v) is 16.7. The number of aliphatic hydroxyl groups excluding tert-OH is 1. The molecule has 1 aromatic rings. The molecule has 0 amide bonds. The van der Waals surface area contributed by atoms with Crippen LogP contribution in [0, 0.1) is 67.5 Å². The van der Waals surface area contributed by atoms with Crippen molar-refractivity contribution in [1.82, 2.24) is 0 Å². The van der Waals surface area contributed by atoms with Gasteiger partial charge in [-0.1, -0.05) is 65.3 Å². The van der Waals surface area contributed by atoms with E-state index >= 15 is 0 Å². The smallest absolute Gasteiger partial charge is 0.309 e. The van der Waals surface area contributed by atoms with Crippen molar-refractivity contribution in [3.8, 4) is 0 Å². The van der Waals surface area contributed by atoms with Crippen LogP contribution in [0.4, 0.5) is 0 Å². The Kier molecular flexibility index (Phi) is 8.42. The van der Waals surface area contributed by atoms with Gasteiger partial charge in [0.1, 0.15) is 0 Å². The Hall–Kier alpha value is -1.47. The van der Waals surface area contributed by atoms with E-state index in [4.69, 9.17) is 9.47 Å². The molecule has 6 saturated carbocycles. The van der Waals surface area contributed by atoms with Crippen molar-refractivity contribution in [3.05, 3.63) is 35.4 Å². The molecule has 51 heavy (non-hydrogen) atoms. The van der Waals surface area contributed by atoms with E-state index in [1.807, 2.05) is 6.92 Å². The molecule has 1 heterocycles. The van der Waals surface area contributed by atoms with Crippen molar-refractivity contribution >= 4 is 5.97 Å². The molecular weight excluding hydrogens is 636 g/mol. The van der Waals surface area contributed by atoms with Crippen LogP contribution in [0.1, 0.15) is 136 Å². The van der Waals surface area contributed by atoms with Gasteiger partial charge in [-0.25, -0.2) is 0 Å². The van der Waals surface area contributed by atoms with E-state index in [1.165, 1.54) is 24.0 Å². The number of carboxylic acid groups (broad SMARTS) is 1. The van der Waals surface area contributed by atoms with E-state index in [0.29, 0.717) is 30.8 Å². The first-order valence-electron chi connectivity index (χ1n) is 20.9. The van der Waals surface area contributed by atoms with E-state index in [-0.39, 0.29) is 57.0 Å². The number of benzene rings is 1. The number of aliphatic carboxylic acids is 1. The molecule has 7 fully saturated rings. The van der Waals surface area contributed by atoms with E-state index in [2.05, 4.69) is 58.9 Å². The van der Waals surface area contributed by atoms with Crippen LogP contribution in [0.2, 0.25) is 0 Å². The van der Waals surface area contributed by atoms with Crippen molar-refractivity contribution in [3.63, 3.8) is 0 Å². The largest absolute Gasteiger partial charge is 0.481 e. The molecule has 14 atom stereocenters. The highest BCUT2D eigenvalue weighted by molar-refractivity contribution is 5.74. The molecule has 1 aliphatic heterocycles. The van der Waals surface area contributed by atoms with Crippen LogP contribution in [0.25, 0.3) is 0 Å². The van der Waals surface area contributed by atoms with Gasteiger partial charge in [0.2, 0.25) is 0 Å². The van der Waals surface area contributed by atoms with Crippen LogP contribution in [-0.4, -0.2) is 53.5 Å². The molecule has 8 rings (SSSR count). The Morgan fingerprint density at radius 3 is 2.22 bits per heavy atom. The molecule has 3 N–H and O–H groups in total. The second-order valence-corrected chi connectivity index (χ2v) is 20.6. The van der Waals surface area contributed by atoms with Crippen LogP contribution < -0.4 is 0 Å². The number of carbonyl (C=O) groups is 1. The zero-order valence-corrected chi connectivity index (χ0v) is 32.9. The summed E-state index contributed by atoms with van der Waals surface area (Å²) in [4.78, 5) is 12.8. The number of carboxylic acids is 1. The summed E-state index contributed by atoms with van der Waals surface area (Å²) in [6.45, 7) is 15.5. The average Bonchev–Trinajstić information content (AvgIpc) is 3.25. The van der Waals surface area contributed by atoms with E-state index in [0.717, 1.165) is 77.0 Å². The molecular formula is C45H68O6. The summed E-state index contributed by atoms with van der Waals surface area (Å²) in [5.41, 5.74) is 1.36. The molecule has 1 saturated heterocycles. The minimum absolute atomic E-state index is 0.00582. The van der Waals surface area contributed by atoms with Gasteiger partial charge in [-0.15, -0.1) is 0 Å². The lowest BCUT2D eigenvalue weighted by Crippen LogP contribution is -2.79. The maximum atomic E-state index is 12.8. The zero-order valence-electron chi connectivity index (χ0n) is 32.9. The van der Waals surface area contributed by atoms with Gasteiger partial charge < -0.3 is 24.8 Å². The van der Waals surface area contributed by atoms with Crippen molar-refractivity contribution in [2.45, 2.75) is 150 Å². The van der Waals surface area contributed by atoms with Gasteiger partial charge in [0, 0.05) is 30.3 Å². The lowest BCUT2D eigenvalue weighted by atomic mass is 9.22. The monoisotopic (exact) mass is 705 g/mol.